The molecule has 0 aromatic rings. The lowest BCUT2D eigenvalue weighted by atomic mass is 10.3. The maximum absolute atomic E-state index is 5.38. The molecule has 0 aliphatic heterocycles. The highest BCUT2D eigenvalue weighted by atomic mass is 32.2. The van der Waals surface area contributed by atoms with Crippen molar-refractivity contribution < 1.29 is 0 Å². The minimum Gasteiger partial charge on any atom is -0.271 e. The zero-order valence-electron chi connectivity index (χ0n) is 7.96. The lowest BCUT2D eigenvalue weighted by Crippen LogP contribution is -2.37. The Bertz CT molecular complexity index is 170. The van der Waals surface area contributed by atoms with Crippen LogP contribution >= 0.6 is 11.8 Å². The summed E-state index contributed by atoms with van der Waals surface area (Å²) >= 11 is 2.02. The summed E-state index contributed by atoms with van der Waals surface area (Å²) in [5.41, 5.74) is 2.76. The molecule has 1 rings (SSSR count). The highest BCUT2D eigenvalue weighted by Crippen LogP contribution is 2.29. The maximum Gasteiger partial charge on any atom is 0.0410 e. The first-order valence-corrected chi connectivity index (χ1v) is 5.93. The van der Waals surface area contributed by atoms with Gasteiger partial charge in [-0.2, -0.15) is 11.8 Å². The van der Waals surface area contributed by atoms with E-state index in [0.717, 1.165) is 17.4 Å². The number of thioether (sulfide) groups is 1. The van der Waals surface area contributed by atoms with E-state index in [1.54, 1.807) is 0 Å². The summed E-state index contributed by atoms with van der Waals surface area (Å²) < 4.78 is 0. The number of terminal acetylenes is 1. The van der Waals surface area contributed by atoms with Crippen LogP contribution in [0.2, 0.25) is 0 Å². The Labute approximate surface area is 85.0 Å². The summed E-state index contributed by atoms with van der Waals surface area (Å²) in [7, 11) is 0. The second-order valence-corrected chi connectivity index (χ2v) is 4.84. The molecular formula is C10H18N2S. The minimum absolute atomic E-state index is 0.288. The van der Waals surface area contributed by atoms with Crippen molar-refractivity contribution in [2.24, 2.45) is 5.84 Å². The molecule has 1 unspecified atom stereocenters. The van der Waals surface area contributed by atoms with Crippen LogP contribution in [0.3, 0.4) is 0 Å². The van der Waals surface area contributed by atoms with Crippen molar-refractivity contribution in [3.05, 3.63) is 0 Å². The van der Waals surface area contributed by atoms with Crippen LogP contribution in [0.15, 0.2) is 0 Å². The van der Waals surface area contributed by atoms with Crippen LogP contribution in [0, 0.1) is 12.3 Å². The largest absolute Gasteiger partial charge is 0.271 e. The highest BCUT2D eigenvalue weighted by Gasteiger charge is 2.16. The summed E-state index contributed by atoms with van der Waals surface area (Å²) in [4.78, 5) is 0. The van der Waals surface area contributed by atoms with Gasteiger partial charge < -0.3 is 0 Å². The summed E-state index contributed by atoms with van der Waals surface area (Å²) in [5, 5.41) is 0.855. The van der Waals surface area contributed by atoms with Gasteiger partial charge in [-0.25, -0.2) is 0 Å². The third kappa shape index (κ3) is 4.04. The first-order valence-electron chi connectivity index (χ1n) is 4.88. The molecule has 1 aliphatic carbocycles. The second-order valence-electron chi connectivity index (χ2n) is 3.51. The van der Waals surface area contributed by atoms with Crippen LogP contribution in [0.25, 0.3) is 0 Å². The van der Waals surface area contributed by atoms with Gasteiger partial charge in [0.1, 0.15) is 0 Å². The molecule has 0 aromatic carbocycles. The number of nitrogens with one attached hydrogen (secondary N) is 1. The van der Waals surface area contributed by atoms with Crippen molar-refractivity contribution in [1.29, 1.82) is 0 Å². The zero-order chi connectivity index (χ0) is 9.52. The van der Waals surface area contributed by atoms with E-state index < -0.39 is 0 Å². The molecule has 0 aromatic heterocycles. The van der Waals surface area contributed by atoms with Crippen molar-refractivity contribution in [3.8, 4) is 12.3 Å². The molecule has 1 saturated carbocycles. The summed E-state index contributed by atoms with van der Waals surface area (Å²) in [6.07, 6.45) is 11.5. The van der Waals surface area contributed by atoms with Gasteiger partial charge in [0.2, 0.25) is 0 Å². The van der Waals surface area contributed by atoms with Crippen LogP contribution in [-0.4, -0.2) is 17.0 Å². The fourth-order valence-electron chi connectivity index (χ4n) is 1.62. The molecule has 1 fully saturated rings. The second kappa shape index (κ2) is 6.31. The summed E-state index contributed by atoms with van der Waals surface area (Å²) in [6.45, 7) is 0. The third-order valence-corrected chi connectivity index (χ3v) is 3.97. The van der Waals surface area contributed by atoms with E-state index >= 15 is 0 Å². The zero-order valence-corrected chi connectivity index (χ0v) is 8.78. The Hall–Kier alpha value is -0.170. The van der Waals surface area contributed by atoms with E-state index in [2.05, 4.69) is 11.3 Å². The Balaban J connectivity index is 2.11. The third-order valence-electron chi connectivity index (χ3n) is 2.44. The smallest absolute Gasteiger partial charge is 0.0410 e. The molecule has 3 heteroatoms. The number of hydrogen-bond donors (Lipinski definition) is 2. The highest BCUT2D eigenvalue weighted by molar-refractivity contribution is 7.99. The molecule has 0 amide bonds. The van der Waals surface area contributed by atoms with Crippen LogP contribution in [0.1, 0.15) is 32.1 Å². The van der Waals surface area contributed by atoms with Gasteiger partial charge in [-0.1, -0.05) is 12.8 Å². The number of hydrogen-bond acceptors (Lipinski definition) is 3. The molecule has 74 valence electrons. The fourth-order valence-corrected chi connectivity index (χ4v) is 3.00. The number of hydrazine groups is 1. The van der Waals surface area contributed by atoms with E-state index in [-0.39, 0.29) is 6.04 Å². The number of rotatable bonds is 5. The van der Waals surface area contributed by atoms with Crippen molar-refractivity contribution in [3.63, 3.8) is 0 Å². The topological polar surface area (TPSA) is 38.0 Å². The molecule has 1 aliphatic rings. The molecule has 0 radical (unpaired) electrons. The Morgan fingerprint density at radius 2 is 2.23 bits per heavy atom. The summed E-state index contributed by atoms with van der Waals surface area (Å²) in [6, 6.07) is 0.288. The van der Waals surface area contributed by atoms with Gasteiger partial charge in [0.25, 0.3) is 0 Å². The van der Waals surface area contributed by atoms with Crippen LogP contribution in [-0.2, 0) is 0 Å². The molecule has 1 atom stereocenters. The van der Waals surface area contributed by atoms with Crippen molar-refractivity contribution in [2.45, 2.75) is 43.4 Å². The molecular weight excluding hydrogens is 180 g/mol. The van der Waals surface area contributed by atoms with E-state index in [9.17, 15) is 0 Å². The van der Waals surface area contributed by atoms with Gasteiger partial charge in [-0.05, 0) is 12.8 Å². The van der Waals surface area contributed by atoms with E-state index in [1.165, 1.54) is 25.7 Å². The first-order chi connectivity index (χ1) is 6.36. The maximum atomic E-state index is 5.38. The van der Waals surface area contributed by atoms with Gasteiger partial charge in [0, 0.05) is 23.5 Å². The van der Waals surface area contributed by atoms with Crippen molar-refractivity contribution >= 4 is 11.8 Å². The number of nitrogens with two attached hydrogens (primary N) is 1. The average Bonchev–Trinajstić information content (AvgIpc) is 2.64. The lowest BCUT2D eigenvalue weighted by Gasteiger charge is -2.15. The quantitative estimate of drug-likeness (QED) is 0.399. The van der Waals surface area contributed by atoms with Gasteiger partial charge >= 0.3 is 0 Å². The van der Waals surface area contributed by atoms with Crippen molar-refractivity contribution in [1.82, 2.24) is 5.43 Å². The Morgan fingerprint density at radius 1 is 1.54 bits per heavy atom. The molecule has 2 nitrogen and oxygen atoms in total. The average molecular weight is 198 g/mol. The van der Waals surface area contributed by atoms with E-state index in [0.29, 0.717) is 0 Å². The van der Waals surface area contributed by atoms with Gasteiger partial charge in [0.05, 0.1) is 0 Å². The van der Waals surface area contributed by atoms with E-state index in [1.807, 2.05) is 11.8 Å². The molecule has 0 spiro atoms. The van der Waals surface area contributed by atoms with Gasteiger partial charge in [0.15, 0.2) is 0 Å². The van der Waals surface area contributed by atoms with Crippen LogP contribution in [0.4, 0.5) is 0 Å². The predicted octanol–water partition coefficient (Wildman–Crippen LogP) is 1.52. The Morgan fingerprint density at radius 3 is 2.77 bits per heavy atom. The fraction of sp³-hybridized carbons (Fsp3) is 0.800. The normalized spacial score (nSPS) is 20.0. The van der Waals surface area contributed by atoms with Gasteiger partial charge in [-0.15, -0.1) is 12.3 Å². The lowest BCUT2D eigenvalue weighted by molar-refractivity contribution is 0.591. The minimum atomic E-state index is 0.288. The molecule has 0 saturated heterocycles. The molecule has 3 N–H and O–H groups in total. The monoisotopic (exact) mass is 198 g/mol. The van der Waals surface area contributed by atoms with Crippen LogP contribution in [0.5, 0.6) is 0 Å². The van der Waals surface area contributed by atoms with Crippen molar-refractivity contribution in [2.75, 3.05) is 5.75 Å². The molecule has 0 heterocycles. The van der Waals surface area contributed by atoms with Crippen LogP contribution < -0.4 is 11.3 Å². The van der Waals surface area contributed by atoms with Gasteiger partial charge in [-0.3, -0.25) is 11.3 Å². The predicted molar refractivity (Wildman–Crippen MR) is 59.3 cm³/mol. The molecule has 0 bridgehead atoms. The van der Waals surface area contributed by atoms with E-state index in [4.69, 9.17) is 12.3 Å². The first kappa shape index (κ1) is 10.9. The Kier molecular flexibility index (Phi) is 5.29. The summed E-state index contributed by atoms with van der Waals surface area (Å²) in [5.74, 6) is 9.07. The SMILES string of the molecule is C#CCC(CSC1CCCC1)NN. The standard InChI is InChI=1S/C10H18N2S/c1-2-5-9(12-11)8-13-10-6-3-4-7-10/h1,9-10,12H,3-8,11H2. The molecule has 13 heavy (non-hydrogen) atoms.